The van der Waals surface area contributed by atoms with Gasteiger partial charge in [-0.25, -0.2) is 11.9 Å². The lowest BCUT2D eigenvalue weighted by molar-refractivity contribution is -0.130. The van der Waals surface area contributed by atoms with Gasteiger partial charge in [0.05, 0.1) is 10.6 Å². The van der Waals surface area contributed by atoms with Gasteiger partial charge in [-0.1, -0.05) is 0 Å². The van der Waals surface area contributed by atoms with Crippen molar-refractivity contribution in [1.82, 2.24) is 10.2 Å². The van der Waals surface area contributed by atoms with Crippen LogP contribution in [0.2, 0.25) is 0 Å². The molecule has 0 radical (unpaired) electrons. The molecule has 0 saturated carbocycles. The summed E-state index contributed by atoms with van der Waals surface area (Å²) in [5.74, 6) is 1.04. The molecule has 2 rings (SSSR count). The van der Waals surface area contributed by atoms with E-state index in [9.17, 15) is 4.79 Å². The van der Waals surface area contributed by atoms with Gasteiger partial charge in [0.15, 0.2) is 0 Å². The van der Waals surface area contributed by atoms with Crippen LogP contribution in [0.3, 0.4) is 0 Å². The highest BCUT2D eigenvalue weighted by Crippen LogP contribution is 2.39. The van der Waals surface area contributed by atoms with Gasteiger partial charge in [-0.15, -0.1) is 11.8 Å². The number of hydrogen-bond donors (Lipinski definition) is 1. The van der Waals surface area contributed by atoms with Gasteiger partial charge in [-0.05, 0) is 12.8 Å². The minimum absolute atomic E-state index is 0.0288. The average molecular weight is 225 g/mol. The first-order chi connectivity index (χ1) is 7.15. The highest BCUT2D eigenvalue weighted by Gasteiger charge is 2.44. The maximum Gasteiger partial charge on any atom is 0.287 e. The Hall–Kier alpha value is -0.730. The summed E-state index contributed by atoms with van der Waals surface area (Å²) in [6.45, 7) is 10.3. The quantitative estimate of drug-likeness (QED) is 0.623. The van der Waals surface area contributed by atoms with Crippen LogP contribution < -0.4 is 5.32 Å². The van der Waals surface area contributed by atoms with Gasteiger partial charge in [-0.2, -0.15) is 0 Å². The summed E-state index contributed by atoms with van der Waals surface area (Å²) in [5.41, 5.74) is 0. The summed E-state index contributed by atoms with van der Waals surface area (Å²) >= 11 is 1.85. The molecule has 2 heterocycles. The van der Waals surface area contributed by atoms with Gasteiger partial charge in [-0.3, -0.25) is 9.64 Å². The predicted octanol–water partition coefficient (Wildman–Crippen LogP) is 0.907. The maximum absolute atomic E-state index is 11.2. The van der Waals surface area contributed by atoms with Crippen LogP contribution in [0.1, 0.15) is 19.8 Å². The topological polar surface area (TPSA) is 36.7 Å². The van der Waals surface area contributed by atoms with Crippen molar-refractivity contribution < 1.29 is 4.79 Å². The third kappa shape index (κ3) is 2.11. The summed E-state index contributed by atoms with van der Waals surface area (Å²) in [6, 6.07) is 0. The molecule has 0 bridgehead atoms. The standard InChI is InChI=1S/C10H15N3OS/c1-8(14)13-5-3-10(4-6-13)12-9(11-2)7-15-10/h9,12H,3-7H2,1H3/t9-/m0/s1. The normalized spacial score (nSPS) is 29.1. The molecule has 82 valence electrons. The number of nitrogens with one attached hydrogen (secondary N) is 1. The third-order valence-corrected chi connectivity index (χ3v) is 4.68. The largest absolute Gasteiger partial charge is 0.343 e. The molecule has 2 fully saturated rings. The molecule has 1 amide bonds. The first-order valence-corrected chi connectivity index (χ1v) is 6.17. The van der Waals surface area contributed by atoms with E-state index in [1.165, 1.54) is 0 Å². The van der Waals surface area contributed by atoms with Crippen LogP contribution in [0.4, 0.5) is 0 Å². The van der Waals surface area contributed by atoms with E-state index in [4.69, 9.17) is 6.57 Å². The average Bonchev–Trinajstić information content (AvgIpc) is 2.62. The molecule has 5 heteroatoms. The zero-order chi connectivity index (χ0) is 10.9. The van der Waals surface area contributed by atoms with Crippen LogP contribution in [-0.2, 0) is 4.79 Å². The maximum atomic E-state index is 11.2. The number of rotatable bonds is 0. The Morgan fingerprint density at radius 1 is 1.60 bits per heavy atom. The summed E-state index contributed by atoms with van der Waals surface area (Å²) in [4.78, 5) is 16.7. The Balaban J connectivity index is 1.93. The Morgan fingerprint density at radius 3 is 2.73 bits per heavy atom. The van der Waals surface area contributed by atoms with Gasteiger partial charge in [0.25, 0.3) is 6.17 Å². The predicted molar refractivity (Wildman–Crippen MR) is 60.2 cm³/mol. The number of piperidine rings is 1. The number of likely N-dealkylation sites (tertiary alicyclic amines) is 1. The molecule has 1 spiro atoms. The van der Waals surface area contributed by atoms with Crippen LogP contribution in [0, 0.1) is 6.57 Å². The van der Waals surface area contributed by atoms with Gasteiger partial charge >= 0.3 is 0 Å². The van der Waals surface area contributed by atoms with E-state index in [2.05, 4.69) is 10.2 Å². The van der Waals surface area contributed by atoms with Crippen molar-refractivity contribution in [1.29, 1.82) is 0 Å². The van der Waals surface area contributed by atoms with E-state index >= 15 is 0 Å². The Bertz CT molecular complexity index is 304. The lowest BCUT2D eigenvalue weighted by Crippen LogP contribution is -2.50. The molecule has 2 aliphatic rings. The second-order valence-corrected chi connectivity index (χ2v) is 5.50. The Kier molecular flexibility index (Phi) is 2.89. The fourth-order valence-corrected chi connectivity index (χ4v) is 3.49. The summed E-state index contributed by atoms with van der Waals surface area (Å²) in [6.07, 6.45) is 1.89. The molecular formula is C10H15N3OS. The number of hydrogen-bond acceptors (Lipinski definition) is 3. The molecule has 2 aliphatic heterocycles. The Labute approximate surface area is 94.2 Å². The number of thioether (sulfide) groups is 1. The van der Waals surface area contributed by atoms with Crippen molar-refractivity contribution in [2.24, 2.45) is 0 Å². The van der Waals surface area contributed by atoms with E-state index in [1.807, 2.05) is 16.7 Å². The lowest BCUT2D eigenvalue weighted by Gasteiger charge is -2.37. The number of carbonyl (C=O) groups is 1. The highest BCUT2D eigenvalue weighted by molar-refractivity contribution is 8.00. The second kappa shape index (κ2) is 4.03. The highest BCUT2D eigenvalue weighted by atomic mass is 32.2. The minimum atomic E-state index is -0.0288. The fraction of sp³-hybridized carbons (Fsp3) is 0.800. The monoisotopic (exact) mass is 225 g/mol. The fourth-order valence-electron chi connectivity index (χ4n) is 2.17. The van der Waals surface area contributed by atoms with E-state index in [1.54, 1.807) is 6.92 Å². The van der Waals surface area contributed by atoms with E-state index in [-0.39, 0.29) is 16.9 Å². The van der Waals surface area contributed by atoms with Gasteiger partial charge < -0.3 is 4.90 Å². The summed E-state index contributed by atoms with van der Waals surface area (Å²) in [5, 5.41) is 3.39. The molecule has 1 N–H and O–H groups in total. The van der Waals surface area contributed by atoms with Crippen LogP contribution >= 0.6 is 11.8 Å². The molecule has 0 aromatic rings. The third-order valence-electron chi connectivity index (χ3n) is 3.12. The molecule has 0 aliphatic carbocycles. The Morgan fingerprint density at radius 2 is 2.27 bits per heavy atom. The second-order valence-electron chi connectivity index (χ2n) is 4.10. The molecule has 0 aromatic heterocycles. The van der Waals surface area contributed by atoms with Crippen LogP contribution in [0.15, 0.2) is 0 Å². The molecule has 4 nitrogen and oxygen atoms in total. The van der Waals surface area contributed by atoms with Crippen molar-refractivity contribution in [3.8, 4) is 0 Å². The van der Waals surface area contributed by atoms with E-state index in [0.717, 1.165) is 31.7 Å². The van der Waals surface area contributed by atoms with E-state index < -0.39 is 0 Å². The van der Waals surface area contributed by atoms with Crippen molar-refractivity contribution in [2.45, 2.75) is 30.8 Å². The molecule has 0 unspecified atom stereocenters. The molecule has 0 aromatic carbocycles. The molecule has 2 saturated heterocycles. The molecule has 15 heavy (non-hydrogen) atoms. The smallest absolute Gasteiger partial charge is 0.287 e. The van der Waals surface area contributed by atoms with E-state index in [0.29, 0.717) is 0 Å². The minimum Gasteiger partial charge on any atom is -0.343 e. The number of amides is 1. The summed E-state index contributed by atoms with van der Waals surface area (Å²) < 4.78 is 0. The van der Waals surface area contributed by atoms with Crippen LogP contribution in [-0.4, -0.2) is 40.7 Å². The summed E-state index contributed by atoms with van der Waals surface area (Å²) in [7, 11) is 0. The van der Waals surface area contributed by atoms with Crippen molar-refractivity contribution in [3.63, 3.8) is 0 Å². The van der Waals surface area contributed by atoms with Crippen LogP contribution in [0.25, 0.3) is 4.85 Å². The van der Waals surface area contributed by atoms with Gasteiger partial charge in [0, 0.05) is 20.0 Å². The zero-order valence-electron chi connectivity index (χ0n) is 8.82. The van der Waals surface area contributed by atoms with Gasteiger partial charge in [0.1, 0.15) is 0 Å². The van der Waals surface area contributed by atoms with Crippen molar-refractivity contribution in [2.75, 3.05) is 18.8 Å². The molecular weight excluding hydrogens is 210 g/mol. The van der Waals surface area contributed by atoms with Crippen molar-refractivity contribution in [3.05, 3.63) is 11.4 Å². The first-order valence-electron chi connectivity index (χ1n) is 5.19. The first kappa shape index (κ1) is 10.8. The lowest BCUT2D eigenvalue weighted by atomic mass is 10.0. The molecule has 1 atom stereocenters. The number of nitrogens with zero attached hydrogens (tertiary/aromatic N) is 2. The number of carbonyl (C=O) groups excluding carboxylic acids is 1. The zero-order valence-corrected chi connectivity index (χ0v) is 9.64. The van der Waals surface area contributed by atoms with Crippen molar-refractivity contribution >= 4 is 17.7 Å². The SMILES string of the molecule is [C-]#[N+][C@@H]1CSC2(CCN(C(C)=O)CC2)N1. The van der Waals surface area contributed by atoms with Crippen LogP contribution in [0.5, 0.6) is 0 Å². The van der Waals surface area contributed by atoms with Gasteiger partial charge in [0.2, 0.25) is 5.91 Å².